The Labute approximate surface area is 308 Å². The number of Topliss-reactive ketones (excluding diaryl/α,β-unsaturated/α-hetero) is 1. The zero-order chi connectivity index (χ0) is 37.7. The topological polar surface area (TPSA) is 159 Å². The van der Waals surface area contributed by atoms with E-state index < -0.39 is 37.0 Å². The zero-order valence-electron chi connectivity index (χ0n) is 30.8. The molecule has 0 fully saturated rings. The quantitative estimate of drug-likeness (QED) is 0.0399. The van der Waals surface area contributed by atoms with Crippen LogP contribution in [-0.2, 0) is 49.2 Å². The number of benzene rings is 1. The molecule has 51 heavy (non-hydrogen) atoms. The number of rotatable bonds is 34. The zero-order valence-corrected chi connectivity index (χ0v) is 31.7. The van der Waals surface area contributed by atoms with Crippen LogP contribution in [0.4, 0.5) is 0 Å². The first-order chi connectivity index (χ1) is 24.6. The summed E-state index contributed by atoms with van der Waals surface area (Å²) in [4.78, 5) is 24.1. The molecular weight excluding hydrogens is 680 g/mol. The number of thioether (sulfide) groups is 1. The highest BCUT2D eigenvalue weighted by molar-refractivity contribution is 7.99. The number of phenolic OH excluding ortho intramolecular Hbond substituents is 1. The number of ketones is 1. The number of esters is 1. The molecule has 0 heterocycles. The van der Waals surface area contributed by atoms with Gasteiger partial charge in [-0.2, -0.15) is 11.8 Å². The largest absolute Gasteiger partial charge is 0.508 e. The Hall–Kier alpha value is -2.33. The third kappa shape index (κ3) is 25.3. The van der Waals surface area contributed by atoms with E-state index in [1.54, 1.807) is 23.9 Å². The number of aliphatic hydroxyl groups excluding tert-OH is 2. The Bertz CT molecular complexity index is 1080. The molecular formula is C38H62O12S. The van der Waals surface area contributed by atoms with Gasteiger partial charge in [-0.05, 0) is 49.3 Å². The number of carbonyl (C=O) groups excluding carboxylic acids is 2. The lowest BCUT2D eigenvalue weighted by Crippen LogP contribution is -2.37. The van der Waals surface area contributed by atoms with E-state index in [9.17, 15) is 24.9 Å². The maximum absolute atomic E-state index is 12.3. The van der Waals surface area contributed by atoms with E-state index in [2.05, 4.69) is 27.0 Å². The highest BCUT2D eigenvalue weighted by atomic mass is 32.2. The minimum atomic E-state index is -1.07. The van der Waals surface area contributed by atoms with Gasteiger partial charge in [-0.3, -0.25) is 4.79 Å². The van der Waals surface area contributed by atoms with Gasteiger partial charge in [0.05, 0.1) is 59.5 Å². The van der Waals surface area contributed by atoms with E-state index in [0.29, 0.717) is 56.7 Å². The predicted octanol–water partition coefficient (Wildman–Crippen LogP) is 4.24. The molecule has 4 unspecified atom stereocenters. The summed E-state index contributed by atoms with van der Waals surface area (Å²) in [5, 5.41) is 28.9. The van der Waals surface area contributed by atoms with E-state index in [1.807, 2.05) is 19.1 Å². The number of phenols is 1. The number of carbonyl (C=O) groups is 2. The minimum Gasteiger partial charge on any atom is -0.508 e. The van der Waals surface area contributed by atoms with E-state index in [4.69, 9.17) is 33.2 Å². The van der Waals surface area contributed by atoms with Gasteiger partial charge in [0.2, 0.25) is 0 Å². The number of hydrogen-bond donors (Lipinski definition) is 3. The van der Waals surface area contributed by atoms with Crippen molar-refractivity contribution in [1.29, 1.82) is 0 Å². The number of aromatic hydroxyl groups is 1. The monoisotopic (exact) mass is 742 g/mol. The second kappa shape index (κ2) is 30.2. The molecule has 0 aliphatic heterocycles. The molecule has 0 radical (unpaired) electrons. The van der Waals surface area contributed by atoms with Gasteiger partial charge in [-0.15, -0.1) is 6.58 Å². The van der Waals surface area contributed by atoms with Gasteiger partial charge in [0.15, 0.2) is 0 Å². The lowest BCUT2D eigenvalue weighted by Gasteiger charge is -2.25. The van der Waals surface area contributed by atoms with Gasteiger partial charge >= 0.3 is 5.97 Å². The maximum Gasteiger partial charge on any atom is 0.330 e. The van der Waals surface area contributed by atoms with Crippen molar-refractivity contribution in [2.45, 2.75) is 77.3 Å². The molecule has 13 heteroatoms. The second-order valence-electron chi connectivity index (χ2n) is 12.6. The summed E-state index contributed by atoms with van der Waals surface area (Å²) >= 11 is 1.62. The lowest BCUT2D eigenvalue weighted by molar-refractivity contribution is -0.153. The predicted molar refractivity (Wildman–Crippen MR) is 198 cm³/mol. The van der Waals surface area contributed by atoms with Gasteiger partial charge in [-0.1, -0.05) is 38.6 Å². The van der Waals surface area contributed by atoms with Gasteiger partial charge in [0.1, 0.15) is 42.6 Å². The normalized spacial score (nSPS) is 13.8. The summed E-state index contributed by atoms with van der Waals surface area (Å²) in [5.41, 5.74) is 1.85. The molecule has 4 atom stereocenters. The molecule has 1 aromatic rings. The highest BCUT2D eigenvalue weighted by Crippen LogP contribution is 2.19. The Morgan fingerprint density at radius 1 is 0.863 bits per heavy atom. The maximum atomic E-state index is 12.3. The molecule has 0 saturated heterocycles. The molecule has 3 N–H and O–H groups in total. The van der Waals surface area contributed by atoms with Crippen LogP contribution in [-0.4, -0.2) is 136 Å². The molecule has 0 spiro atoms. The second-order valence-corrected chi connectivity index (χ2v) is 13.8. The lowest BCUT2D eigenvalue weighted by atomic mass is 10.0. The molecule has 0 aromatic heterocycles. The third-order valence-corrected chi connectivity index (χ3v) is 8.38. The standard InChI is InChI=1S/C38H62O12S/c1-6-15-44-23-34(24-45-16-13-29(3)4)48-27-36(28-50-38(43)7-2)49-26-35(47-22-33(41)21-39)25-46-17-19-51-18-14-32(40)10-8-9-31-12-11-30(5)37(42)20-31/h6-7,11-12,20,29,33-36,39,41-42H,1-2,8-10,13-19,21-28H2,3-5H3. The van der Waals surface area contributed by atoms with Crippen LogP contribution in [0.1, 0.15) is 50.7 Å². The van der Waals surface area contributed by atoms with Crippen molar-refractivity contribution in [3.05, 3.63) is 54.6 Å². The highest BCUT2D eigenvalue weighted by Gasteiger charge is 2.21. The van der Waals surface area contributed by atoms with Gasteiger partial charge < -0.3 is 48.5 Å². The van der Waals surface area contributed by atoms with E-state index in [-0.39, 0.29) is 51.2 Å². The van der Waals surface area contributed by atoms with Crippen molar-refractivity contribution in [3.8, 4) is 5.75 Å². The fraction of sp³-hybridized carbons (Fsp3) is 0.684. The van der Waals surface area contributed by atoms with E-state index in [0.717, 1.165) is 36.5 Å². The van der Waals surface area contributed by atoms with Crippen LogP contribution >= 0.6 is 11.8 Å². The summed E-state index contributed by atoms with van der Waals surface area (Å²) in [5.74, 6) is 1.75. The fourth-order valence-electron chi connectivity index (χ4n) is 4.32. The SMILES string of the molecule is C=CCOCC(COCCC(C)C)OCC(COC(=O)C=C)OCC(COCCSCCC(=O)CCCc1ccc(C)c(O)c1)OCC(O)CO. The van der Waals surface area contributed by atoms with Crippen molar-refractivity contribution in [2.24, 2.45) is 5.92 Å². The van der Waals surface area contributed by atoms with Crippen LogP contribution < -0.4 is 0 Å². The molecule has 0 aliphatic rings. The first kappa shape index (κ1) is 46.7. The Morgan fingerprint density at radius 2 is 1.51 bits per heavy atom. The first-order valence-electron chi connectivity index (χ1n) is 17.7. The Balaban J connectivity index is 2.55. The summed E-state index contributed by atoms with van der Waals surface area (Å²) in [6.07, 6.45) is 3.37. The van der Waals surface area contributed by atoms with Gasteiger partial charge in [0.25, 0.3) is 0 Å². The molecule has 1 aromatic carbocycles. The average molecular weight is 743 g/mol. The van der Waals surface area contributed by atoms with Crippen molar-refractivity contribution >= 4 is 23.5 Å². The Kier molecular flexibility index (Phi) is 27.6. The van der Waals surface area contributed by atoms with Crippen LogP contribution in [0.15, 0.2) is 43.5 Å². The summed E-state index contributed by atoms with van der Waals surface area (Å²) in [6, 6.07) is 5.61. The van der Waals surface area contributed by atoms with Crippen LogP contribution in [0.2, 0.25) is 0 Å². The molecule has 0 aliphatic carbocycles. The number of ether oxygens (including phenoxy) is 7. The summed E-state index contributed by atoms with van der Waals surface area (Å²) in [7, 11) is 0. The van der Waals surface area contributed by atoms with Gasteiger partial charge in [-0.25, -0.2) is 4.79 Å². The molecule has 292 valence electrons. The van der Waals surface area contributed by atoms with Crippen LogP contribution in [0.25, 0.3) is 0 Å². The van der Waals surface area contributed by atoms with Crippen molar-refractivity contribution in [3.63, 3.8) is 0 Å². The number of hydrogen-bond acceptors (Lipinski definition) is 13. The molecule has 0 amide bonds. The molecule has 0 bridgehead atoms. The Morgan fingerprint density at radius 3 is 2.16 bits per heavy atom. The van der Waals surface area contributed by atoms with Crippen LogP contribution in [0.5, 0.6) is 5.75 Å². The van der Waals surface area contributed by atoms with Crippen LogP contribution in [0.3, 0.4) is 0 Å². The van der Waals surface area contributed by atoms with Crippen molar-refractivity contribution in [2.75, 3.05) is 84.2 Å². The van der Waals surface area contributed by atoms with Crippen LogP contribution in [0, 0.1) is 12.8 Å². The minimum absolute atomic E-state index is 0.0319. The summed E-state index contributed by atoms with van der Waals surface area (Å²) < 4.78 is 40.4. The summed E-state index contributed by atoms with van der Waals surface area (Å²) in [6.45, 7) is 14.7. The molecule has 0 saturated carbocycles. The van der Waals surface area contributed by atoms with E-state index in [1.165, 1.54) is 0 Å². The number of aryl methyl sites for hydroxylation is 2. The van der Waals surface area contributed by atoms with Crippen molar-refractivity contribution < 1.29 is 58.1 Å². The molecule has 12 nitrogen and oxygen atoms in total. The third-order valence-electron chi connectivity index (χ3n) is 7.43. The fourth-order valence-corrected chi connectivity index (χ4v) is 5.13. The average Bonchev–Trinajstić information content (AvgIpc) is 3.11. The van der Waals surface area contributed by atoms with E-state index >= 15 is 0 Å². The van der Waals surface area contributed by atoms with Crippen molar-refractivity contribution in [1.82, 2.24) is 0 Å². The molecule has 1 rings (SSSR count). The first-order valence-corrected chi connectivity index (χ1v) is 18.9. The smallest absolute Gasteiger partial charge is 0.330 e. The van der Waals surface area contributed by atoms with Gasteiger partial charge in [0, 0.05) is 37.0 Å². The number of aliphatic hydroxyl groups is 2.